The maximum Gasteiger partial charge on any atom is 0.264 e. The molecule has 98 valence electrons. The van der Waals surface area contributed by atoms with E-state index in [9.17, 15) is 8.42 Å². The monoisotopic (exact) mass is 349 g/mol. The largest absolute Gasteiger partial charge is 0.271 e. The highest BCUT2D eigenvalue weighted by Crippen LogP contribution is 2.30. The number of aromatic nitrogens is 2. The van der Waals surface area contributed by atoms with E-state index < -0.39 is 10.0 Å². The lowest BCUT2D eigenvalue weighted by Crippen LogP contribution is -2.13. The molecule has 5 nitrogen and oxygen atoms in total. The fourth-order valence-corrected chi connectivity index (χ4v) is 4.89. The highest BCUT2D eigenvalue weighted by molar-refractivity contribution is 9.11. The summed E-state index contributed by atoms with van der Waals surface area (Å²) in [6.07, 6.45) is 1.73. The first-order valence-corrected chi connectivity index (χ1v) is 8.34. The van der Waals surface area contributed by atoms with E-state index in [-0.39, 0.29) is 4.90 Å². The predicted molar refractivity (Wildman–Crippen MR) is 75.5 cm³/mol. The second kappa shape index (κ2) is 5.02. The molecule has 2 aromatic heterocycles. The molecule has 0 amide bonds. The van der Waals surface area contributed by atoms with Crippen molar-refractivity contribution < 1.29 is 8.42 Å². The van der Waals surface area contributed by atoms with Crippen LogP contribution in [0.25, 0.3) is 0 Å². The molecule has 1 N–H and O–H groups in total. The molecular weight excluding hydrogens is 338 g/mol. The van der Waals surface area contributed by atoms with Crippen LogP contribution >= 0.6 is 27.3 Å². The van der Waals surface area contributed by atoms with E-state index in [0.717, 1.165) is 8.66 Å². The number of nitrogens with one attached hydrogen (secondary N) is 1. The van der Waals surface area contributed by atoms with Crippen LogP contribution in [0.15, 0.2) is 27.0 Å². The third kappa shape index (κ3) is 2.76. The summed E-state index contributed by atoms with van der Waals surface area (Å²) < 4.78 is 29.2. The van der Waals surface area contributed by atoms with Gasteiger partial charge in [0.2, 0.25) is 0 Å². The highest BCUT2D eigenvalue weighted by Gasteiger charge is 2.20. The van der Waals surface area contributed by atoms with E-state index in [1.54, 1.807) is 29.9 Å². The number of thiophene rings is 1. The highest BCUT2D eigenvalue weighted by atomic mass is 79.9. The van der Waals surface area contributed by atoms with Gasteiger partial charge in [0.1, 0.15) is 4.90 Å². The summed E-state index contributed by atoms with van der Waals surface area (Å²) in [7, 11) is -3.56. The number of anilines is 1. The Balaban J connectivity index is 2.29. The van der Waals surface area contributed by atoms with Crippen LogP contribution in [0, 0.1) is 6.92 Å². The van der Waals surface area contributed by atoms with E-state index in [1.165, 1.54) is 11.3 Å². The van der Waals surface area contributed by atoms with Crippen molar-refractivity contribution in [3.8, 4) is 0 Å². The molecule has 0 aromatic carbocycles. The maximum absolute atomic E-state index is 12.2. The zero-order valence-corrected chi connectivity index (χ0v) is 13.1. The van der Waals surface area contributed by atoms with E-state index in [4.69, 9.17) is 0 Å². The first kappa shape index (κ1) is 13.6. The van der Waals surface area contributed by atoms with Gasteiger partial charge >= 0.3 is 0 Å². The van der Waals surface area contributed by atoms with Crippen molar-refractivity contribution in [2.45, 2.75) is 25.3 Å². The van der Waals surface area contributed by atoms with E-state index in [2.05, 4.69) is 25.8 Å². The number of nitrogens with zero attached hydrogens (tertiary/aromatic N) is 2. The fraction of sp³-hybridized carbons (Fsp3) is 0.300. The number of sulfonamides is 1. The second-order valence-corrected chi connectivity index (χ2v) is 7.92. The Labute approximate surface area is 118 Å². The minimum absolute atomic E-state index is 0.283. The van der Waals surface area contributed by atoms with Gasteiger partial charge < -0.3 is 0 Å². The third-order valence-corrected chi connectivity index (χ3v) is 5.50. The Bertz CT molecular complexity index is 660. The summed E-state index contributed by atoms with van der Waals surface area (Å²) in [5.41, 5.74) is 0. The molecule has 0 aliphatic rings. The van der Waals surface area contributed by atoms with Crippen LogP contribution in [0.2, 0.25) is 0 Å². The van der Waals surface area contributed by atoms with Gasteiger partial charge in [0.05, 0.1) is 3.79 Å². The van der Waals surface area contributed by atoms with E-state index >= 15 is 0 Å². The molecule has 0 radical (unpaired) electrons. The molecule has 0 aliphatic carbocycles. The molecule has 0 saturated carbocycles. The molecule has 0 unspecified atom stereocenters. The summed E-state index contributed by atoms with van der Waals surface area (Å²) in [6.45, 7) is 4.41. The van der Waals surface area contributed by atoms with Crippen LogP contribution in [0.4, 0.5) is 5.82 Å². The number of hydrogen-bond acceptors (Lipinski definition) is 4. The molecule has 2 aromatic rings. The minimum atomic E-state index is -3.56. The maximum atomic E-state index is 12.2. The second-order valence-electron chi connectivity index (χ2n) is 3.63. The van der Waals surface area contributed by atoms with Gasteiger partial charge in [-0.25, -0.2) is 8.42 Å². The summed E-state index contributed by atoms with van der Waals surface area (Å²) in [5.74, 6) is 0.332. The molecule has 2 rings (SSSR count). The topological polar surface area (TPSA) is 64.0 Å². The quantitative estimate of drug-likeness (QED) is 0.922. The van der Waals surface area contributed by atoms with Crippen molar-refractivity contribution in [3.05, 3.63) is 27.0 Å². The summed E-state index contributed by atoms with van der Waals surface area (Å²) in [6, 6.07) is 3.23. The van der Waals surface area contributed by atoms with E-state index in [0.29, 0.717) is 12.4 Å². The van der Waals surface area contributed by atoms with Gasteiger partial charge in [-0.3, -0.25) is 9.40 Å². The van der Waals surface area contributed by atoms with Crippen molar-refractivity contribution in [1.29, 1.82) is 0 Å². The molecule has 18 heavy (non-hydrogen) atoms. The smallest absolute Gasteiger partial charge is 0.264 e. The third-order valence-electron chi connectivity index (χ3n) is 2.34. The SMILES string of the molecule is CCn1ccc(NS(=O)(=O)c2cc(Br)sc2C)n1. The first-order valence-electron chi connectivity index (χ1n) is 5.24. The average molecular weight is 350 g/mol. The van der Waals surface area contributed by atoms with Gasteiger partial charge in [-0.15, -0.1) is 11.3 Å². The van der Waals surface area contributed by atoms with Crippen LogP contribution in [-0.4, -0.2) is 18.2 Å². The average Bonchev–Trinajstić information content (AvgIpc) is 2.84. The predicted octanol–water partition coefficient (Wildman–Crippen LogP) is 2.84. The van der Waals surface area contributed by atoms with Crippen molar-refractivity contribution >= 4 is 43.1 Å². The van der Waals surface area contributed by atoms with Gasteiger partial charge in [-0.1, -0.05) is 0 Å². The number of hydrogen-bond donors (Lipinski definition) is 1. The molecular formula is C10H12BrN3O2S2. The van der Waals surface area contributed by atoms with Gasteiger partial charge in [0, 0.05) is 23.7 Å². The van der Waals surface area contributed by atoms with Crippen LogP contribution in [0.1, 0.15) is 11.8 Å². The first-order chi connectivity index (χ1) is 8.42. The van der Waals surface area contributed by atoms with Crippen LogP contribution in [0.5, 0.6) is 0 Å². The molecule has 0 bridgehead atoms. The van der Waals surface area contributed by atoms with Gasteiger partial charge in [0.15, 0.2) is 5.82 Å². The zero-order valence-electron chi connectivity index (χ0n) is 9.84. The van der Waals surface area contributed by atoms with Crippen molar-refractivity contribution in [2.24, 2.45) is 0 Å². The van der Waals surface area contributed by atoms with Crippen molar-refractivity contribution in [1.82, 2.24) is 9.78 Å². The fourth-order valence-electron chi connectivity index (χ4n) is 1.48. The number of halogens is 1. The normalized spacial score (nSPS) is 11.7. The Morgan fingerprint density at radius 2 is 2.28 bits per heavy atom. The summed E-state index contributed by atoms with van der Waals surface area (Å²) in [4.78, 5) is 1.02. The lowest BCUT2D eigenvalue weighted by atomic mass is 10.5. The minimum Gasteiger partial charge on any atom is -0.271 e. The van der Waals surface area contributed by atoms with Gasteiger partial charge in [0.25, 0.3) is 10.0 Å². The van der Waals surface area contributed by atoms with Gasteiger partial charge in [-0.2, -0.15) is 5.10 Å². The standard InChI is InChI=1S/C10H12BrN3O2S2/c1-3-14-5-4-10(12-14)13-18(15,16)8-6-9(11)17-7(8)2/h4-6H,3H2,1-2H3,(H,12,13). The summed E-state index contributed by atoms with van der Waals surface area (Å²) >= 11 is 4.67. The lowest BCUT2D eigenvalue weighted by molar-refractivity contribution is 0.600. The Hall–Kier alpha value is -0.860. The number of rotatable bonds is 4. The Kier molecular flexibility index (Phi) is 3.79. The van der Waals surface area contributed by atoms with Crippen LogP contribution < -0.4 is 4.72 Å². The molecule has 0 spiro atoms. The molecule has 0 fully saturated rings. The molecule has 0 aliphatic heterocycles. The summed E-state index contributed by atoms with van der Waals surface area (Å²) in [5, 5.41) is 4.09. The Morgan fingerprint density at radius 1 is 1.56 bits per heavy atom. The zero-order chi connectivity index (χ0) is 13.3. The van der Waals surface area contributed by atoms with Crippen LogP contribution in [-0.2, 0) is 16.6 Å². The number of aryl methyl sites for hydroxylation is 2. The lowest BCUT2D eigenvalue weighted by Gasteiger charge is -2.04. The van der Waals surface area contributed by atoms with Crippen molar-refractivity contribution in [3.63, 3.8) is 0 Å². The molecule has 0 atom stereocenters. The van der Waals surface area contributed by atoms with E-state index in [1.807, 2.05) is 6.92 Å². The Morgan fingerprint density at radius 3 is 2.78 bits per heavy atom. The molecule has 0 saturated heterocycles. The van der Waals surface area contributed by atoms with Gasteiger partial charge in [-0.05, 0) is 35.8 Å². The van der Waals surface area contributed by atoms with Crippen LogP contribution in [0.3, 0.4) is 0 Å². The van der Waals surface area contributed by atoms with Crippen molar-refractivity contribution in [2.75, 3.05) is 4.72 Å². The molecule has 8 heteroatoms. The molecule has 2 heterocycles.